The van der Waals surface area contributed by atoms with Crippen molar-refractivity contribution in [3.8, 4) is 0 Å². The third-order valence-electron chi connectivity index (χ3n) is 0. The molecule has 0 fully saturated rings. The van der Waals surface area contributed by atoms with Crippen LogP contribution < -0.4 is 0 Å². The average Bonchev–Trinajstić information content (AvgIpc) is 1.00. The first-order valence-corrected chi connectivity index (χ1v) is 1.79. The van der Waals surface area contributed by atoms with Crippen molar-refractivity contribution < 1.29 is 41.7 Å². The second-order valence-electron chi connectivity index (χ2n) is 0. The summed E-state index contributed by atoms with van der Waals surface area (Å²) in [6.07, 6.45) is 0. The molecule has 0 spiro atoms. The fourth-order valence-electron chi connectivity index (χ4n) is 0. The van der Waals surface area contributed by atoms with Crippen LogP contribution in [-0.4, -0.2) is 24.7 Å². The number of hydrogen-bond acceptors (Lipinski definition) is 1. The number of rotatable bonds is 0. The van der Waals surface area contributed by atoms with Gasteiger partial charge in [-0.25, -0.2) is 0 Å². The summed E-state index contributed by atoms with van der Waals surface area (Å²) >= 11 is 0.0556. The second-order valence-corrected chi connectivity index (χ2v) is 0. The molecule has 4 heteroatoms. The maximum atomic E-state index is 8.39. The molecule has 0 aliphatic heterocycles. The fourth-order valence-corrected chi connectivity index (χ4v) is 0. The molecule has 0 heterocycles. The molecule has 0 amide bonds. The molecule has 0 aromatic rings. The van der Waals surface area contributed by atoms with E-state index < -0.39 is 0 Å². The van der Waals surface area contributed by atoms with Gasteiger partial charge in [-0.15, -0.1) is 0 Å². The Labute approximate surface area is 65.6 Å². The summed E-state index contributed by atoms with van der Waals surface area (Å²) in [5, 5.41) is 0. The topological polar surface area (TPSA) is 17.1 Å². The van der Waals surface area contributed by atoms with Crippen LogP contribution in [0.15, 0.2) is 0 Å². The zero-order valence-corrected chi connectivity index (χ0v) is 7.88. The maximum absolute atomic E-state index is 8.39. The van der Waals surface area contributed by atoms with Crippen molar-refractivity contribution in [3.63, 3.8) is 0 Å². The molecule has 0 rings (SSSR count). The molecular formula is HAgBiNiO. The van der Waals surface area contributed by atoms with E-state index >= 15 is 0 Å². The Morgan fingerprint density at radius 3 is 1.25 bits per heavy atom. The molecule has 0 aromatic heterocycles. The molecule has 0 N–H and O–H groups in total. The molecule has 1 radical (unpaired) electrons. The molecule has 0 bridgehead atoms. The molecule has 33 valence electrons. The van der Waals surface area contributed by atoms with Crippen LogP contribution in [0, 0.1) is 0 Å². The van der Waals surface area contributed by atoms with Crippen LogP contribution in [0.25, 0.3) is 0 Å². The molecule has 4 heavy (non-hydrogen) atoms. The monoisotopic (exact) mass is 391 g/mol. The zero-order valence-electron chi connectivity index (χ0n) is 1.53. The van der Waals surface area contributed by atoms with Gasteiger partial charge in [-0.3, -0.25) is 0 Å². The third kappa shape index (κ3) is 9.07. The first-order chi connectivity index (χ1) is 1.00. The zero-order chi connectivity index (χ0) is 2.00. The summed E-state index contributed by atoms with van der Waals surface area (Å²) < 4.78 is 8.39. The molecule has 0 unspecified atom stereocenters. The van der Waals surface area contributed by atoms with Crippen LogP contribution in [0.3, 0.4) is 0 Å². The van der Waals surface area contributed by atoms with Crippen molar-refractivity contribution in [2.24, 2.45) is 0 Å². The van der Waals surface area contributed by atoms with Gasteiger partial charge in [0.2, 0.25) is 0 Å². The Hall–Kier alpha value is 1.92. The van der Waals surface area contributed by atoms with Crippen LogP contribution in [0.4, 0.5) is 0 Å². The van der Waals surface area contributed by atoms with E-state index in [0.717, 1.165) is 0 Å². The molecule has 0 saturated heterocycles. The Bertz CT molecular complexity index is 8.00. The standard InChI is InChI=1S/Ag.Bi.Ni.O.H. The average molecular weight is 393 g/mol. The molecule has 0 atom stereocenters. The summed E-state index contributed by atoms with van der Waals surface area (Å²) in [6.45, 7) is 0. The van der Waals surface area contributed by atoms with E-state index in [2.05, 4.69) is 0 Å². The van der Waals surface area contributed by atoms with Gasteiger partial charge in [0.05, 0.1) is 0 Å². The van der Waals surface area contributed by atoms with E-state index in [1.54, 1.807) is 0 Å². The Balaban J connectivity index is -0.00000000500. The van der Waals surface area contributed by atoms with Crippen LogP contribution in [0.1, 0.15) is 0 Å². The van der Waals surface area contributed by atoms with Crippen LogP contribution in [-0.2, 0) is 41.7 Å². The van der Waals surface area contributed by atoms with Crippen molar-refractivity contribution >= 4 is 24.7 Å². The third-order valence-corrected chi connectivity index (χ3v) is 0. The van der Waals surface area contributed by atoms with E-state index in [1.807, 2.05) is 0 Å². The van der Waals surface area contributed by atoms with Crippen molar-refractivity contribution in [1.29, 1.82) is 0 Å². The summed E-state index contributed by atoms with van der Waals surface area (Å²) in [5.41, 5.74) is 0. The van der Waals surface area contributed by atoms with E-state index in [4.69, 9.17) is 2.81 Å². The van der Waals surface area contributed by atoms with Gasteiger partial charge in [0, 0.05) is 38.9 Å². The van der Waals surface area contributed by atoms with Gasteiger partial charge >= 0.3 is 27.5 Å². The summed E-state index contributed by atoms with van der Waals surface area (Å²) in [5.74, 6) is 0. The van der Waals surface area contributed by atoms with Crippen molar-refractivity contribution in [2.45, 2.75) is 0 Å². The van der Waals surface area contributed by atoms with Crippen LogP contribution >= 0.6 is 0 Å². The molecule has 0 aliphatic rings. The van der Waals surface area contributed by atoms with Crippen molar-refractivity contribution in [2.75, 3.05) is 0 Å². The van der Waals surface area contributed by atoms with E-state index in [1.165, 1.54) is 0 Å². The Morgan fingerprint density at radius 2 is 1.25 bits per heavy atom. The minimum atomic E-state index is 0. The normalized spacial score (nSPS) is 1.00. The molecule has 0 aliphatic carbocycles. The Kier molecular flexibility index (Phi) is 86.3. The number of hydrogen-bond donors (Lipinski definition) is 0. The van der Waals surface area contributed by atoms with Crippen molar-refractivity contribution in [1.82, 2.24) is 0 Å². The molecule has 0 saturated carbocycles. The molecule has 1 nitrogen and oxygen atoms in total. The first kappa shape index (κ1) is 16.8. The first-order valence-electron chi connectivity index (χ1n) is 0.204. The predicted octanol–water partition coefficient (Wildman–Crippen LogP) is -0.772. The molecular weight excluding hydrogens is 392 g/mol. The Morgan fingerprint density at radius 1 is 1.25 bits per heavy atom. The van der Waals surface area contributed by atoms with Gasteiger partial charge in [-0.1, -0.05) is 0 Å². The van der Waals surface area contributed by atoms with Gasteiger partial charge in [-0.2, -0.15) is 0 Å². The SMILES string of the molecule is [Ag].[Ni].[O]=[BiH]. The predicted molar refractivity (Wildman–Crippen MR) is 7.84 cm³/mol. The quantitative estimate of drug-likeness (QED) is 0.495. The van der Waals surface area contributed by atoms with Crippen LogP contribution in [0.5, 0.6) is 0 Å². The van der Waals surface area contributed by atoms with Crippen LogP contribution in [0.2, 0.25) is 0 Å². The van der Waals surface area contributed by atoms with Crippen molar-refractivity contribution in [3.05, 3.63) is 0 Å². The molecule has 0 aromatic carbocycles. The van der Waals surface area contributed by atoms with Gasteiger partial charge in [0.1, 0.15) is 0 Å². The van der Waals surface area contributed by atoms with E-state index in [9.17, 15) is 0 Å². The summed E-state index contributed by atoms with van der Waals surface area (Å²) in [4.78, 5) is 0. The van der Waals surface area contributed by atoms with E-state index in [-0.39, 0.29) is 63.6 Å². The van der Waals surface area contributed by atoms with Gasteiger partial charge in [0.25, 0.3) is 0 Å². The van der Waals surface area contributed by atoms with E-state index in [0.29, 0.717) is 0 Å². The van der Waals surface area contributed by atoms with Gasteiger partial charge in [0.15, 0.2) is 0 Å². The van der Waals surface area contributed by atoms with Gasteiger partial charge < -0.3 is 0 Å². The summed E-state index contributed by atoms with van der Waals surface area (Å²) in [6, 6.07) is 0. The minimum absolute atomic E-state index is 0. The fraction of sp³-hybridized carbons (Fsp3) is 0. The second kappa shape index (κ2) is 20.5. The van der Waals surface area contributed by atoms with Gasteiger partial charge in [-0.05, 0) is 0 Å². The summed E-state index contributed by atoms with van der Waals surface area (Å²) in [7, 11) is 0.